The van der Waals surface area contributed by atoms with Crippen molar-refractivity contribution >= 4 is 0 Å². The van der Waals surface area contributed by atoms with Gasteiger partial charge < -0.3 is 10.0 Å². The Labute approximate surface area is 118 Å². The van der Waals surface area contributed by atoms with E-state index in [9.17, 15) is 5.11 Å². The van der Waals surface area contributed by atoms with E-state index in [-0.39, 0.29) is 5.60 Å². The van der Waals surface area contributed by atoms with E-state index in [2.05, 4.69) is 18.5 Å². The van der Waals surface area contributed by atoms with Crippen LogP contribution in [-0.2, 0) is 0 Å². The standard InChI is InChI=1S/C17H31NO/c1-3-4-5-6-7-8-9-12-17(19)13-15-10-11-16(14-17)18(15)2/h3,15-16,19H,1,4-14H2,2H3. The molecule has 0 aromatic rings. The van der Waals surface area contributed by atoms with Crippen LogP contribution in [0.5, 0.6) is 0 Å². The lowest BCUT2D eigenvalue weighted by atomic mass is 9.82. The number of fused-ring (bicyclic) bond motifs is 2. The quantitative estimate of drug-likeness (QED) is 0.531. The molecule has 2 atom stereocenters. The number of aliphatic hydroxyl groups is 1. The maximum Gasteiger partial charge on any atom is 0.0677 e. The van der Waals surface area contributed by atoms with E-state index in [0.717, 1.165) is 25.7 Å². The summed E-state index contributed by atoms with van der Waals surface area (Å²) >= 11 is 0. The van der Waals surface area contributed by atoms with Crippen molar-refractivity contribution in [3.63, 3.8) is 0 Å². The Balaban J connectivity index is 1.62. The van der Waals surface area contributed by atoms with Gasteiger partial charge in [0.15, 0.2) is 0 Å². The van der Waals surface area contributed by atoms with Gasteiger partial charge in [-0.05, 0) is 52.0 Å². The number of allylic oxidation sites excluding steroid dienone is 1. The normalized spacial score (nSPS) is 34.6. The molecule has 0 saturated carbocycles. The minimum absolute atomic E-state index is 0.348. The summed E-state index contributed by atoms with van der Waals surface area (Å²) in [5, 5.41) is 10.8. The highest BCUT2D eigenvalue weighted by Gasteiger charge is 2.45. The van der Waals surface area contributed by atoms with E-state index < -0.39 is 0 Å². The van der Waals surface area contributed by atoms with Gasteiger partial charge in [0.05, 0.1) is 5.60 Å². The van der Waals surface area contributed by atoms with Gasteiger partial charge in [0, 0.05) is 12.1 Å². The second kappa shape index (κ2) is 6.90. The summed E-state index contributed by atoms with van der Waals surface area (Å²) in [4.78, 5) is 2.50. The van der Waals surface area contributed by atoms with E-state index in [1.54, 1.807) is 0 Å². The van der Waals surface area contributed by atoms with E-state index in [1.165, 1.54) is 44.9 Å². The lowest BCUT2D eigenvalue weighted by Crippen LogP contribution is -2.49. The van der Waals surface area contributed by atoms with E-state index in [1.807, 2.05) is 6.08 Å². The van der Waals surface area contributed by atoms with Crippen LogP contribution in [0.25, 0.3) is 0 Å². The van der Waals surface area contributed by atoms with Crippen LogP contribution in [0.4, 0.5) is 0 Å². The monoisotopic (exact) mass is 265 g/mol. The Morgan fingerprint density at radius 2 is 1.68 bits per heavy atom. The van der Waals surface area contributed by atoms with Crippen LogP contribution in [0.15, 0.2) is 12.7 Å². The van der Waals surface area contributed by atoms with Crippen molar-refractivity contribution in [1.82, 2.24) is 4.90 Å². The van der Waals surface area contributed by atoms with Gasteiger partial charge >= 0.3 is 0 Å². The highest BCUT2D eigenvalue weighted by Crippen LogP contribution is 2.41. The zero-order valence-corrected chi connectivity index (χ0v) is 12.6. The highest BCUT2D eigenvalue weighted by atomic mass is 16.3. The molecule has 2 saturated heterocycles. The van der Waals surface area contributed by atoms with E-state index >= 15 is 0 Å². The first kappa shape index (κ1) is 15.1. The Morgan fingerprint density at radius 3 is 2.32 bits per heavy atom. The predicted octanol–water partition coefficient (Wildman–Crippen LogP) is 3.89. The van der Waals surface area contributed by atoms with Gasteiger partial charge in [-0.15, -0.1) is 6.58 Å². The zero-order chi connectivity index (χ0) is 13.7. The summed E-state index contributed by atoms with van der Waals surface area (Å²) in [6, 6.07) is 1.30. The third-order valence-corrected chi connectivity index (χ3v) is 5.27. The molecule has 2 rings (SSSR count). The molecule has 2 unspecified atom stereocenters. The summed E-state index contributed by atoms with van der Waals surface area (Å²) in [5.41, 5.74) is -0.348. The largest absolute Gasteiger partial charge is 0.390 e. The fourth-order valence-electron chi connectivity index (χ4n) is 4.02. The van der Waals surface area contributed by atoms with Gasteiger partial charge in [-0.1, -0.05) is 31.8 Å². The molecule has 0 aliphatic carbocycles. The molecule has 0 aromatic heterocycles. The number of unbranched alkanes of at least 4 members (excludes halogenated alkanes) is 5. The molecule has 2 nitrogen and oxygen atoms in total. The molecule has 0 spiro atoms. The molecule has 0 amide bonds. The Kier molecular flexibility index (Phi) is 5.47. The summed E-state index contributed by atoms with van der Waals surface area (Å²) in [6.07, 6.45) is 15.2. The van der Waals surface area contributed by atoms with Crippen molar-refractivity contribution in [2.45, 2.75) is 88.3 Å². The van der Waals surface area contributed by atoms with Gasteiger partial charge in [0.1, 0.15) is 0 Å². The van der Waals surface area contributed by atoms with E-state index in [0.29, 0.717) is 12.1 Å². The molecule has 0 aromatic carbocycles. The van der Waals surface area contributed by atoms with Crippen LogP contribution in [-0.4, -0.2) is 34.7 Å². The molecule has 2 fully saturated rings. The van der Waals surface area contributed by atoms with Gasteiger partial charge in [-0.2, -0.15) is 0 Å². The van der Waals surface area contributed by atoms with E-state index in [4.69, 9.17) is 0 Å². The average molecular weight is 265 g/mol. The van der Waals surface area contributed by atoms with Crippen LogP contribution in [0.3, 0.4) is 0 Å². The average Bonchev–Trinajstić information content (AvgIpc) is 2.62. The minimum atomic E-state index is -0.348. The summed E-state index contributed by atoms with van der Waals surface area (Å²) in [6.45, 7) is 3.75. The van der Waals surface area contributed by atoms with Crippen molar-refractivity contribution in [1.29, 1.82) is 0 Å². The number of piperidine rings is 1. The fourth-order valence-corrected chi connectivity index (χ4v) is 4.02. The van der Waals surface area contributed by atoms with Crippen LogP contribution < -0.4 is 0 Å². The fraction of sp³-hybridized carbons (Fsp3) is 0.882. The van der Waals surface area contributed by atoms with Crippen LogP contribution in [0, 0.1) is 0 Å². The van der Waals surface area contributed by atoms with Gasteiger partial charge in [0.25, 0.3) is 0 Å². The molecule has 2 heteroatoms. The van der Waals surface area contributed by atoms with Crippen molar-refractivity contribution < 1.29 is 5.11 Å². The molecule has 0 radical (unpaired) electrons. The highest BCUT2D eigenvalue weighted by molar-refractivity contribution is 5.00. The number of nitrogens with zero attached hydrogens (tertiary/aromatic N) is 1. The SMILES string of the molecule is C=CCCCCCCCC1(O)CC2CCC(C1)N2C. The van der Waals surface area contributed by atoms with Crippen molar-refractivity contribution in [3.05, 3.63) is 12.7 Å². The molecule has 2 heterocycles. The molecule has 19 heavy (non-hydrogen) atoms. The molecular formula is C17H31NO. The maximum atomic E-state index is 10.8. The maximum absolute atomic E-state index is 10.8. The van der Waals surface area contributed by atoms with Crippen molar-refractivity contribution in [2.24, 2.45) is 0 Å². The topological polar surface area (TPSA) is 23.5 Å². The summed E-state index contributed by atoms with van der Waals surface area (Å²) in [5.74, 6) is 0. The molecule has 2 aliphatic rings. The molecule has 110 valence electrons. The Bertz CT molecular complexity index is 275. The summed E-state index contributed by atoms with van der Waals surface area (Å²) < 4.78 is 0. The lowest BCUT2D eigenvalue weighted by molar-refractivity contribution is -0.0514. The molecule has 1 N–H and O–H groups in total. The second-order valence-corrected chi connectivity index (χ2v) is 6.78. The van der Waals surface area contributed by atoms with Gasteiger partial charge in [-0.25, -0.2) is 0 Å². The van der Waals surface area contributed by atoms with Crippen LogP contribution in [0.2, 0.25) is 0 Å². The predicted molar refractivity (Wildman–Crippen MR) is 81.3 cm³/mol. The van der Waals surface area contributed by atoms with Crippen LogP contribution >= 0.6 is 0 Å². The van der Waals surface area contributed by atoms with Gasteiger partial charge in [0.2, 0.25) is 0 Å². The second-order valence-electron chi connectivity index (χ2n) is 6.78. The van der Waals surface area contributed by atoms with Gasteiger partial charge in [-0.3, -0.25) is 0 Å². The zero-order valence-electron chi connectivity index (χ0n) is 12.6. The number of hydrogen-bond acceptors (Lipinski definition) is 2. The smallest absolute Gasteiger partial charge is 0.0677 e. The molecule has 2 aliphatic heterocycles. The van der Waals surface area contributed by atoms with Crippen molar-refractivity contribution in [3.8, 4) is 0 Å². The molecular weight excluding hydrogens is 234 g/mol. The Morgan fingerprint density at radius 1 is 1.11 bits per heavy atom. The summed E-state index contributed by atoms with van der Waals surface area (Å²) in [7, 11) is 2.24. The lowest BCUT2D eigenvalue weighted by Gasteiger charge is -2.42. The third-order valence-electron chi connectivity index (χ3n) is 5.27. The first-order valence-electron chi connectivity index (χ1n) is 8.20. The molecule has 2 bridgehead atoms. The first-order valence-corrected chi connectivity index (χ1v) is 8.20. The Hall–Kier alpha value is -0.340. The minimum Gasteiger partial charge on any atom is -0.390 e. The van der Waals surface area contributed by atoms with Crippen molar-refractivity contribution in [2.75, 3.05) is 7.05 Å². The number of rotatable bonds is 8. The van der Waals surface area contributed by atoms with Crippen LogP contribution in [0.1, 0.15) is 70.6 Å². The number of hydrogen-bond donors (Lipinski definition) is 1. The first-order chi connectivity index (χ1) is 9.14. The third kappa shape index (κ3) is 4.06.